The zero-order valence-corrected chi connectivity index (χ0v) is 13.9. The van der Waals surface area contributed by atoms with Crippen LogP contribution in [0.4, 0.5) is 4.39 Å². The lowest BCUT2D eigenvalue weighted by Crippen LogP contribution is -2.53. The molecule has 0 saturated carbocycles. The highest BCUT2D eigenvalue weighted by Gasteiger charge is 2.44. The number of likely N-dealkylation sites (tertiary alicyclic amines) is 1. The molecule has 1 aromatic carbocycles. The molecule has 2 aliphatic rings. The van der Waals surface area contributed by atoms with Gasteiger partial charge in [-0.3, -0.25) is 9.59 Å². The third kappa shape index (κ3) is 3.15. The number of hydrogen-bond donors (Lipinski definition) is 0. The number of fused-ring (bicyclic) bond motifs is 1. The molecule has 2 saturated heterocycles. The Morgan fingerprint density at radius 3 is 2.77 bits per heavy atom. The van der Waals surface area contributed by atoms with Crippen LogP contribution >= 0.6 is 0 Å². The van der Waals surface area contributed by atoms with Gasteiger partial charge < -0.3 is 14.5 Å². The van der Waals surface area contributed by atoms with Gasteiger partial charge in [-0.1, -0.05) is 12.1 Å². The van der Waals surface area contributed by atoms with Crippen LogP contribution in [0.1, 0.15) is 16.1 Å². The van der Waals surface area contributed by atoms with E-state index in [0.29, 0.717) is 19.6 Å². The summed E-state index contributed by atoms with van der Waals surface area (Å²) in [7, 11) is 0. The van der Waals surface area contributed by atoms with E-state index in [1.807, 2.05) is 0 Å². The first-order chi connectivity index (χ1) is 12.6. The Morgan fingerprint density at radius 1 is 1.23 bits per heavy atom. The number of carbonyl (C=O) groups excluding carboxylic acids is 2. The Morgan fingerprint density at radius 2 is 2.04 bits per heavy atom. The standard InChI is InChI=1S/C18H17FN4O3/c19-13-5-3-12(4-6-13)8-23-15-9-22(10-16(15)26-11-17(23)24)18(25)14-2-1-7-20-21-14/h1-7,15-16H,8-11H2/t15-,16-/m1/s1. The van der Waals surface area contributed by atoms with Crippen molar-refractivity contribution in [2.24, 2.45) is 0 Å². The van der Waals surface area contributed by atoms with Gasteiger partial charge in [0.05, 0.1) is 12.1 Å². The summed E-state index contributed by atoms with van der Waals surface area (Å²) in [5.41, 5.74) is 1.10. The molecule has 2 amide bonds. The van der Waals surface area contributed by atoms with Crippen molar-refractivity contribution in [2.75, 3.05) is 19.7 Å². The molecule has 2 aliphatic heterocycles. The van der Waals surface area contributed by atoms with E-state index in [4.69, 9.17) is 4.74 Å². The summed E-state index contributed by atoms with van der Waals surface area (Å²) in [5, 5.41) is 7.59. The highest BCUT2D eigenvalue weighted by atomic mass is 19.1. The van der Waals surface area contributed by atoms with E-state index < -0.39 is 0 Å². The molecule has 0 bridgehead atoms. The minimum absolute atomic E-state index is 0.0183. The largest absolute Gasteiger partial charge is 0.364 e. The van der Waals surface area contributed by atoms with Crippen molar-refractivity contribution in [3.05, 3.63) is 59.7 Å². The molecule has 2 aromatic rings. The van der Waals surface area contributed by atoms with Gasteiger partial charge in [0.25, 0.3) is 5.91 Å². The molecule has 0 N–H and O–H groups in total. The second kappa shape index (κ2) is 6.80. The van der Waals surface area contributed by atoms with Gasteiger partial charge in [-0.15, -0.1) is 5.10 Å². The van der Waals surface area contributed by atoms with E-state index in [0.717, 1.165) is 5.56 Å². The fourth-order valence-corrected chi connectivity index (χ4v) is 3.40. The van der Waals surface area contributed by atoms with Gasteiger partial charge in [0.15, 0.2) is 5.69 Å². The van der Waals surface area contributed by atoms with Gasteiger partial charge in [-0.05, 0) is 29.8 Å². The van der Waals surface area contributed by atoms with Crippen LogP contribution in [-0.4, -0.2) is 63.7 Å². The lowest BCUT2D eigenvalue weighted by atomic mass is 10.1. The molecule has 0 spiro atoms. The minimum Gasteiger partial charge on any atom is -0.364 e. The molecular formula is C18H17FN4O3. The highest BCUT2D eigenvalue weighted by molar-refractivity contribution is 5.92. The summed E-state index contributed by atoms with van der Waals surface area (Å²) in [6.07, 6.45) is 1.26. The summed E-state index contributed by atoms with van der Waals surface area (Å²) in [6.45, 7) is 1.10. The Kier molecular flexibility index (Phi) is 4.34. The first kappa shape index (κ1) is 16.6. The Bertz CT molecular complexity index is 815. The number of halogens is 1. The van der Waals surface area contributed by atoms with E-state index >= 15 is 0 Å². The maximum Gasteiger partial charge on any atom is 0.274 e. The molecule has 7 nitrogen and oxygen atoms in total. The lowest BCUT2D eigenvalue weighted by molar-refractivity contribution is -0.153. The fraction of sp³-hybridized carbons (Fsp3) is 0.333. The Labute approximate surface area is 149 Å². The van der Waals surface area contributed by atoms with E-state index in [1.54, 1.807) is 34.1 Å². The van der Waals surface area contributed by atoms with E-state index in [2.05, 4.69) is 10.2 Å². The van der Waals surface area contributed by atoms with Crippen molar-refractivity contribution in [1.29, 1.82) is 0 Å². The lowest BCUT2D eigenvalue weighted by Gasteiger charge is -2.36. The number of nitrogens with zero attached hydrogens (tertiary/aromatic N) is 4. The van der Waals surface area contributed by atoms with Crippen LogP contribution in [0.25, 0.3) is 0 Å². The number of carbonyl (C=O) groups is 2. The predicted octanol–water partition coefficient (Wildman–Crippen LogP) is 0.868. The number of rotatable bonds is 3. The summed E-state index contributed by atoms with van der Waals surface area (Å²) in [6, 6.07) is 9.09. The van der Waals surface area contributed by atoms with Gasteiger partial charge in [-0.25, -0.2) is 4.39 Å². The van der Waals surface area contributed by atoms with Crippen molar-refractivity contribution < 1.29 is 18.7 Å². The molecule has 26 heavy (non-hydrogen) atoms. The van der Waals surface area contributed by atoms with E-state index in [-0.39, 0.29) is 42.1 Å². The van der Waals surface area contributed by atoms with Gasteiger partial charge >= 0.3 is 0 Å². The topological polar surface area (TPSA) is 75.6 Å². The molecule has 1 aromatic heterocycles. The number of morpholine rings is 1. The zero-order chi connectivity index (χ0) is 18.1. The molecule has 8 heteroatoms. The second-order valence-corrected chi connectivity index (χ2v) is 6.38. The first-order valence-electron chi connectivity index (χ1n) is 8.34. The number of benzene rings is 1. The minimum atomic E-state index is -0.318. The van der Waals surface area contributed by atoms with Crippen LogP contribution in [0.3, 0.4) is 0 Å². The molecule has 134 valence electrons. The van der Waals surface area contributed by atoms with Crippen LogP contribution in [-0.2, 0) is 16.1 Å². The van der Waals surface area contributed by atoms with Crippen LogP contribution in [0.5, 0.6) is 0 Å². The monoisotopic (exact) mass is 356 g/mol. The van der Waals surface area contributed by atoms with Crippen LogP contribution in [0, 0.1) is 5.82 Å². The predicted molar refractivity (Wildman–Crippen MR) is 88.4 cm³/mol. The normalized spacial score (nSPS) is 22.4. The van der Waals surface area contributed by atoms with E-state index in [9.17, 15) is 14.0 Å². The average Bonchev–Trinajstić information content (AvgIpc) is 3.10. The summed E-state index contributed by atoms with van der Waals surface area (Å²) in [5.74, 6) is -0.684. The maximum absolute atomic E-state index is 13.1. The van der Waals surface area contributed by atoms with Crippen LogP contribution < -0.4 is 0 Å². The van der Waals surface area contributed by atoms with Crippen LogP contribution in [0.2, 0.25) is 0 Å². The molecule has 0 aliphatic carbocycles. The van der Waals surface area contributed by atoms with Gasteiger partial charge in [-0.2, -0.15) is 5.10 Å². The van der Waals surface area contributed by atoms with Gasteiger partial charge in [0.1, 0.15) is 12.4 Å². The fourth-order valence-electron chi connectivity index (χ4n) is 3.40. The molecule has 2 fully saturated rings. The Balaban J connectivity index is 1.51. The quantitative estimate of drug-likeness (QED) is 0.816. The summed E-state index contributed by atoms with van der Waals surface area (Å²) < 4.78 is 18.7. The van der Waals surface area contributed by atoms with Crippen molar-refractivity contribution in [3.63, 3.8) is 0 Å². The zero-order valence-electron chi connectivity index (χ0n) is 13.9. The second-order valence-electron chi connectivity index (χ2n) is 6.38. The molecule has 0 unspecified atom stereocenters. The molecule has 0 radical (unpaired) electrons. The number of amides is 2. The first-order valence-corrected chi connectivity index (χ1v) is 8.34. The van der Waals surface area contributed by atoms with Gasteiger partial charge in [0.2, 0.25) is 5.91 Å². The Hall–Kier alpha value is -2.87. The van der Waals surface area contributed by atoms with Crippen molar-refractivity contribution in [2.45, 2.75) is 18.7 Å². The SMILES string of the molecule is O=C(c1cccnn1)N1C[C@@H]2[C@@H](C1)OCC(=O)N2Cc1ccc(F)cc1. The van der Waals surface area contributed by atoms with Crippen LogP contribution in [0.15, 0.2) is 42.6 Å². The average molecular weight is 356 g/mol. The molecular weight excluding hydrogens is 339 g/mol. The maximum atomic E-state index is 13.1. The van der Waals surface area contributed by atoms with Crippen molar-refractivity contribution in [1.82, 2.24) is 20.0 Å². The molecule has 2 atom stereocenters. The summed E-state index contributed by atoms with van der Waals surface area (Å²) in [4.78, 5) is 28.3. The van der Waals surface area contributed by atoms with Gasteiger partial charge in [0, 0.05) is 25.8 Å². The highest BCUT2D eigenvalue weighted by Crippen LogP contribution is 2.26. The van der Waals surface area contributed by atoms with Crippen molar-refractivity contribution in [3.8, 4) is 0 Å². The molecule has 4 rings (SSSR count). The summed E-state index contributed by atoms with van der Waals surface area (Å²) >= 11 is 0. The van der Waals surface area contributed by atoms with E-state index in [1.165, 1.54) is 18.3 Å². The third-order valence-electron chi connectivity index (χ3n) is 4.72. The molecule has 3 heterocycles. The number of aromatic nitrogens is 2. The third-order valence-corrected chi connectivity index (χ3v) is 4.72. The smallest absolute Gasteiger partial charge is 0.274 e. The number of hydrogen-bond acceptors (Lipinski definition) is 5. The number of ether oxygens (including phenoxy) is 1. The van der Waals surface area contributed by atoms with Crippen molar-refractivity contribution >= 4 is 11.8 Å².